The fourth-order valence-corrected chi connectivity index (χ4v) is 1.23. The Labute approximate surface area is 79.3 Å². The highest BCUT2D eigenvalue weighted by Crippen LogP contribution is 2.20. The minimum atomic E-state index is -0.725. The molecule has 0 atom stereocenters. The molecule has 1 amide bonds. The monoisotopic (exact) mass is 185 g/mol. The van der Waals surface area contributed by atoms with Gasteiger partial charge in [0, 0.05) is 13.1 Å². The van der Waals surface area contributed by atoms with Gasteiger partial charge in [0.15, 0.2) is 0 Å². The first-order valence-corrected chi connectivity index (χ1v) is 4.40. The van der Waals surface area contributed by atoms with Crippen molar-refractivity contribution in [2.45, 2.75) is 31.9 Å². The van der Waals surface area contributed by atoms with Gasteiger partial charge in [-0.2, -0.15) is 0 Å². The van der Waals surface area contributed by atoms with Crippen LogP contribution in [-0.4, -0.2) is 48.1 Å². The van der Waals surface area contributed by atoms with Gasteiger partial charge in [-0.15, -0.1) is 0 Å². The van der Waals surface area contributed by atoms with Gasteiger partial charge in [0.2, 0.25) is 0 Å². The Kier molecular flexibility index (Phi) is 2.32. The zero-order chi connectivity index (χ0) is 10.3. The van der Waals surface area contributed by atoms with E-state index in [0.29, 0.717) is 13.1 Å². The van der Waals surface area contributed by atoms with Gasteiger partial charge in [0.1, 0.15) is 13.4 Å². The summed E-state index contributed by atoms with van der Waals surface area (Å²) < 4.78 is 5.11. The van der Waals surface area contributed by atoms with Crippen LogP contribution in [-0.2, 0) is 4.74 Å². The molecular formula is C8H16BNO3. The lowest BCUT2D eigenvalue weighted by Gasteiger charge is -2.44. The molecular weight excluding hydrogens is 169 g/mol. The summed E-state index contributed by atoms with van der Waals surface area (Å²) >= 11 is 0. The first-order chi connectivity index (χ1) is 5.70. The van der Waals surface area contributed by atoms with Crippen molar-refractivity contribution in [3.63, 3.8) is 0 Å². The van der Waals surface area contributed by atoms with Crippen molar-refractivity contribution in [3.05, 3.63) is 0 Å². The van der Waals surface area contributed by atoms with Crippen LogP contribution < -0.4 is 0 Å². The third-order valence-electron chi connectivity index (χ3n) is 1.71. The molecule has 1 aliphatic rings. The Morgan fingerprint density at radius 3 is 2.31 bits per heavy atom. The quantitative estimate of drug-likeness (QED) is 0.520. The number of hydrogen-bond donors (Lipinski definition) is 1. The Morgan fingerprint density at radius 2 is 2.00 bits per heavy atom. The highest BCUT2D eigenvalue weighted by Gasteiger charge is 2.40. The maximum absolute atomic E-state index is 11.3. The highest BCUT2D eigenvalue weighted by molar-refractivity contribution is 6.15. The fraction of sp³-hybridized carbons (Fsp3) is 0.875. The molecule has 0 unspecified atom stereocenters. The van der Waals surface area contributed by atoms with Gasteiger partial charge in [0.25, 0.3) is 0 Å². The van der Waals surface area contributed by atoms with E-state index in [1.54, 1.807) is 7.85 Å². The van der Waals surface area contributed by atoms with Crippen molar-refractivity contribution in [2.75, 3.05) is 13.1 Å². The normalized spacial score (nSPS) is 20.8. The number of rotatable bonds is 0. The molecule has 74 valence electrons. The summed E-state index contributed by atoms with van der Waals surface area (Å²) in [5.41, 5.74) is -1.19. The zero-order valence-corrected chi connectivity index (χ0v) is 8.63. The first-order valence-electron chi connectivity index (χ1n) is 4.40. The van der Waals surface area contributed by atoms with Crippen LogP contribution in [0.4, 0.5) is 4.79 Å². The van der Waals surface area contributed by atoms with E-state index < -0.39 is 11.1 Å². The molecule has 1 heterocycles. The molecule has 0 aromatic rings. The molecule has 1 aliphatic heterocycles. The molecule has 0 radical (unpaired) electrons. The van der Waals surface area contributed by atoms with Crippen molar-refractivity contribution < 1.29 is 14.6 Å². The van der Waals surface area contributed by atoms with Crippen LogP contribution in [0, 0.1) is 0 Å². The fourth-order valence-electron chi connectivity index (χ4n) is 1.23. The molecule has 0 aromatic carbocycles. The van der Waals surface area contributed by atoms with E-state index in [9.17, 15) is 9.90 Å². The highest BCUT2D eigenvalue weighted by atomic mass is 16.6. The van der Waals surface area contributed by atoms with Crippen LogP contribution in [0.25, 0.3) is 0 Å². The van der Waals surface area contributed by atoms with Crippen LogP contribution in [0.15, 0.2) is 0 Å². The summed E-state index contributed by atoms with van der Waals surface area (Å²) in [4.78, 5) is 12.8. The van der Waals surface area contributed by atoms with E-state index in [-0.39, 0.29) is 6.09 Å². The second-order valence-corrected chi connectivity index (χ2v) is 4.83. The lowest BCUT2D eigenvalue weighted by molar-refractivity contribution is -0.0507. The SMILES string of the molecule is BC1(O)CN(C(=O)OC(C)(C)C)C1. The smallest absolute Gasteiger partial charge is 0.410 e. The lowest BCUT2D eigenvalue weighted by Crippen LogP contribution is -2.64. The number of ether oxygens (including phenoxy) is 1. The second-order valence-electron chi connectivity index (χ2n) is 4.83. The Morgan fingerprint density at radius 1 is 1.54 bits per heavy atom. The molecule has 5 heteroatoms. The van der Waals surface area contributed by atoms with Gasteiger partial charge in [-0.1, -0.05) is 0 Å². The van der Waals surface area contributed by atoms with Gasteiger partial charge in [-0.05, 0) is 20.8 Å². The van der Waals surface area contributed by atoms with Crippen LogP contribution in [0.5, 0.6) is 0 Å². The van der Waals surface area contributed by atoms with Gasteiger partial charge < -0.3 is 14.7 Å². The number of β-amino-alcohol motifs (C(OH)–C–C–N with tert-alkyl or cyclic N) is 1. The van der Waals surface area contributed by atoms with Gasteiger partial charge in [-0.25, -0.2) is 4.79 Å². The minimum absolute atomic E-state index is 0.348. The third-order valence-corrected chi connectivity index (χ3v) is 1.71. The van der Waals surface area contributed by atoms with E-state index >= 15 is 0 Å². The summed E-state index contributed by atoms with van der Waals surface area (Å²) in [6, 6.07) is 0. The van der Waals surface area contributed by atoms with E-state index in [4.69, 9.17) is 4.74 Å². The molecule has 1 saturated heterocycles. The molecule has 1 rings (SSSR count). The van der Waals surface area contributed by atoms with Crippen molar-refractivity contribution in [2.24, 2.45) is 0 Å². The average molecular weight is 185 g/mol. The van der Waals surface area contributed by atoms with Crippen LogP contribution in [0.3, 0.4) is 0 Å². The molecule has 0 saturated carbocycles. The number of aliphatic hydroxyl groups is 1. The number of hydrogen-bond acceptors (Lipinski definition) is 3. The predicted molar refractivity (Wildman–Crippen MR) is 51.3 cm³/mol. The second kappa shape index (κ2) is 2.91. The van der Waals surface area contributed by atoms with Gasteiger partial charge in [-0.3, -0.25) is 0 Å². The summed E-state index contributed by atoms with van der Waals surface area (Å²) in [6.07, 6.45) is -0.348. The Bertz CT molecular complexity index is 214. The van der Waals surface area contributed by atoms with E-state index in [1.165, 1.54) is 4.90 Å². The Hall–Kier alpha value is -0.705. The average Bonchev–Trinajstić information content (AvgIpc) is 1.77. The van der Waals surface area contributed by atoms with Crippen molar-refractivity contribution in [1.29, 1.82) is 0 Å². The van der Waals surface area contributed by atoms with E-state index in [1.807, 2.05) is 20.8 Å². The van der Waals surface area contributed by atoms with Crippen molar-refractivity contribution >= 4 is 13.9 Å². The minimum Gasteiger partial charge on any atom is -0.444 e. The topological polar surface area (TPSA) is 49.8 Å². The number of amides is 1. The molecule has 4 nitrogen and oxygen atoms in total. The molecule has 1 fully saturated rings. The summed E-state index contributed by atoms with van der Waals surface area (Å²) in [5.74, 6) is 0. The lowest BCUT2D eigenvalue weighted by atomic mass is 9.75. The maximum Gasteiger partial charge on any atom is 0.410 e. The van der Waals surface area contributed by atoms with Crippen molar-refractivity contribution in [1.82, 2.24) is 4.90 Å². The van der Waals surface area contributed by atoms with Crippen LogP contribution >= 0.6 is 0 Å². The molecule has 0 aliphatic carbocycles. The summed E-state index contributed by atoms with van der Waals surface area (Å²) in [6.45, 7) is 6.19. The standard InChI is InChI=1S/C8H16BNO3/c1-7(2,3)13-6(11)10-4-8(9,12)5-10/h12H,4-5,9H2,1-3H3. The van der Waals surface area contributed by atoms with E-state index in [0.717, 1.165) is 0 Å². The van der Waals surface area contributed by atoms with Crippen LogP contribution in [0.2, 0.25) is 0 Å². The summed E-state index contributed by atoms with van der Waals surface area (Å²) in [7, 11) is 1.70. The third kappa shape index (κ3) is 2.92. The molecule has 0 bridgehead atoms. The van der Waals surface area contributed by atoms with E-state index in [2.05, 4.69) is 0 Å². The Balaban J connectivity index is 2.36. The maximum atomic E-state index is 11.3. The van der Waals surface area contributed by atoms with Gasteiger partial charge in [0.05, 0.1) is 5.50 Å². The van der Waals surface area contributed by atoms with Crippen LogP contribution in [0.1, 0.15) is 20.8 Å². The largest absolute Gasteiger partial charge is 0.444 e. The van der Waals surface area contributed by atoms with Gasteiger partial charge >= 0.3 is 6.09 Å². The number of nitrogens with zero attached hydrogens (tertiary/aromatic N) is 1. The number of carbonyl (C=O) groups is 1. The zero-order valence-electron chi connectivity index (χ0n) is 8.63. The molecule has 0 aromatic heterocycles. The first kappa shape index (κ1) is 10.4. The summed E-state index contributed by atoms with van der Waals surface area (Å²) in [5, 5.41) is 9.38. The number of carbonyl (C=O) groups excluding carboxylic acids is 1. The predicted octanol–water partition coefficient (Wildman–Crippen LogP) is -0.441. The molecule has 13 heavy (non-hydrogen) atoms. The molecule has 0 spiro atoms. The molecule has 1 N–H and O–H groups in total. The van der Waals surface area contributed by atoms with Crippen molar-refractivity contribution in [3.8, 4) is 0 Å². The number of likely N-dealkylation sites (tertiary alicyclic amines) is 1.